The topological polar surface area (TPSA) is 86.1 Å². The van der Waals surface area contributed by atoms with Gasteiger partial charge in [0.05, 0.1) is 29.5 Å². The first-order valence-corrected chi connectivity index (χ1v) is 13.4. The molecule has 1 saturated heterocycles. The molecule has 3 aromatic rings. The fourth-order valence-electron chi connectivity index (χ4n) is 5.75. The van der Waals surface area contributed by atoms with Gasteiger partial charge in [-0.25, -0.2) is 0 Å². The largest absolute Gasteiger partial charge is 0.395 e. The lowest BCUT2D eigenvalue weighted by atomic mass is 9.88. The number of ether oxygens (including phenoxy) is 1. The van der Waals surface area contributed by atoms with Crippen molar-refractivity contribution in [3.05, 3.63) is 98.8 Å². The molecular weight excluding hydrogens is 525 g/mol. The molecule has 5 rings (SSSR count). The number of amides is 1. The summed E-state index contributed by atoms with van der Waals surface area (Å²) in [5.41, 5.74) is 0.702. The van der Waals surface area contributed by atoms with Crippen LogP contribution in [0.15, 0.2) is 60.8 Å². The number of β-amino-alcohol motifs (C(OH)–C–C–N with tert-alkyl or cyclic N) is 1. The molecule has 1 unspecified atom stereocenters. The lowest BCUT2D eigenvalue weighted by molar-refractivity contribution is -0.0868. The van der Waals surface area contributed by atoms with Crippen LogP contribution >= 0.6 is 23.2 Å². The van der Waals surface area contributed by atoms with Crippen LogP contribution in [0.1, 0.15) is 52.5 Å². The van der Waals surface area contributed by atoms with E-state index in [-0.39, 0.29) is 25.1 Å². The summed E-state index contributed by atoms with van der Waals surface area (Å²) < 4.78 is 6.20. The number of hydrogen-bond acceptors (Lipinski definition) is 6. The quantitative estimate of drug-likeness (QED) is 0.424. The molecule has 1 aromatic heterocycles. The number of nitrogens with zero attached hydrogens (tertiary/aromatic N) is 3. The van der Waals surface area contributed by atoms with Crippen molar-refractivity contribution in [2.45, 2.75) is 43.7 Å². The Morgan fingerprint density at radius 1 is 1.13 bits per heavy atom. The van der Waals surface area contributed by atoms with Crippen LogP contribution in [0, 0.1) is 0 Å². The van der Waals surface area contributed by atoms with E-state index in [1.807, 2.05) is 24.3 Å². The van der Waals surface area contributed by atoms with Gasteiger partial charge in [-0.2, -0.15) is 0 Å². The number of hydrogen-bond donors (Lipinski definition) is 2. The number of fused-ring (bicyclic) bond motifs is 1. The van der Waals surface area contributed by atoms with E-state index in [1.54, 1.807) is 55.5 Å². The number of carbonyl (C=O) groups excluding carboxylic acids is 1. The summed E-state index contributed by atoms with van der Waals surface area (Å²) in [4.78, 5) is 22.2. The maximum absolute atomic E-state index is 14.0. The number of benzene rings is 2. The van der Waals surface area contributed by atoms with Gasteiger partial charge in [0.2, 0.25) is 0 Å². The van der Waals surface area contributed by atoms with Crippen molar-refractivity contribution in [3.8, 4) is 0 Å². The highest BCUT2D eigenvalue weighted by atomic mass is 35.5. The first-order valence-electron chi connectivity index (χ1n) is 12.7. The number of halogens is 2. The van der Waals surface area contributed by atoms with E-state index < -0.39 is 11.3 Å². The van der Waals surface area contributed by atoms with Crippen molar-refractivity contribution in [2.24, 2.45) is 0 Å². The first-order chi connectivity index (χ1) is 18.2. The van der Waals surface area contributed by atoms with Gasteiger partial charge in [-0.05, 0) is 62.2 Å². The number of aromatic nitrogens is 1. The average Bonchev–Trinajstić information content (AvgIpc) is 3.45. The standard InChI is InChI=1S/C29H31Cl2N3O4/c1-28(37,18-33-13-3-4-24(33)17-35)20-7-12-26-25(14-20)27(36)34(16-23-11-10-22(31)15-32-23)29(26,38-2)19-5-8-21(30)9-6-19/h5-12,14-15,24,35,37H,3-4,13,16-18H2,1-2H3/t24-,28?,29+/m0/s1. The second-order valence-corrected chi connectivity index (χ2v) is 11.1. The van der Waals surface area contributed by atoms with E-state index in [1.165, 1.54) is 0 Å². The van der Waals surface area contributed by atoms with Crippen molar-refractivity contribution in [1.82, 2.24) is 14.8 Å². The molecule has 0 bridgehead atoms. The number of aliphatic hydroxyl groups excluding tert-OH is 1. The highest BCUT2D eigenvalue weighted by Gasteiger charge is 2.52. The SMILES string of the molecule is CO[C@]1(c2ccc(Cl)cc2)c2ccc(C(C)(O)CN3CCC[C@H]3CO)cc2C(=O)N1Cc1ccc(Cl)cn1. The van der Waals surface area contributed by atoms with Crippen LogP contribution in [0.5, 0.6) is 0 Å². The van der Waals surface area contributed by atoms with Crippen molar-refractivity contribution < 1.29 is 19.7 Å². The summed E-state index contributed by atoms with van der Waals surface area (Å²) >= 11 is 12.2. The summed E-state index contributed by atoms with van der Waals surface area (Å²) in [6, 6.07) is 16.3. The summed E-state index contributed by atoms with van der Waals surface area (Å²) in [6.07, 6.45) is 3.43. The molecule has 1 amide bonds. The van der Waals surface area contributed by atoms with E-state index >= 15 is 0 Å². The Morgan fingerprint density at radius 2 is 1.87 bits per heavy atom. The summed E-state index contributed by atoms with van der Waals surface area (Å²) in [7, 11) is 1.58. The normalized spacial score (nSPS) is 23.1. The molecule has 3 atom stereocenters. The molecule has 2 aromatic carbocycles. The van der Waals surface area contributed by atoms with Gasteiger partial charge in [-0.1, -0.05) is 47.5 Å². The van der Waals surface area contributed by atoms with Crippen molar-refractivity contribution in [1.29, 1.82) is 0 Å². The Morgan fingerprint density at radius 3 is 2.53 bits per heavy atom. The molecule has 2 aliphatic rings. The molecule has 1 fully saturated rings. The maximum atomic E-state index is 14.0. The zero-order valence-electron chi connectivity index (χ0n) is 21.4. The smallest absolute Gasteiger partial charge is 0.257 e. The van der Waals surface area contributed by atoms with Gasteiger partial charge >= 0.3 is 0 Å². The Hall–Kier alpha value is -2.52. The molecule has 38 heavy (non-hydrogen) atoms. The van der Waals surface area contributed by atoms with Crippen LogP contribution < -0.4 is 0 Å². The van der Waals surface area contributed by atoms with Gasteiger partial charge < -0.3 is 14.9 Å². The van der Waals surface area contributed by atoms with Crippen LogP contribution in [-0.2, 0) is 22.6 Å². The molecule has 0 aliphatic carbocycles. The molecular formula is C29H31Cl2N3O4. The Kier molecular flexibility index (Phi) is 7.52. The second-order valence-electron chi connectivity index (χ2n) is 10.2. The number of carbonyl (C=O) groups is 1. The van der Waals surface area contributed by atoms with Crippen LogP contribution in [-0.4, -0.2) is 63.8 Å². The first kappa shape index (κ1) is 27.1. The molecule has 3 heterocycles. The van der Waals surface area contributed by atoms with Crippen LogP contribution in [0.25, 0.3) is 0 Å². The number of aliphatic hydroxyl groups is 2. The third-order valence-corrected chi connectivity index (χ3v) is 8.20. The highest BCUT2D eigenvalue weighted by Crippen LogP contribution is 2.47. The summed E-state index contributed by atoms with van der Waals surface area (Å²) in [6.45, 7) is 3.16. The molecule has 2 N–H and O–H groups in total. The minimum Gasteiger partial charge on any atom is -0.395 e. The fraction of sp³-hybridized carbons (Fsp3) is 0.379. The summed E-state index contributed by atoms with van der Waals surface area (Å²) in [5, 5.41) is 22.3. The van der Waals surface area contributed by atoms with Gasteiger partial charge in [0.15, 0.2) is 5.72 Å². The Bertz CT molecular complexity index is 1320. The third kappa shape index (κ3) is 4.72. The molecule has 0 spiro atoms. The van der Waals surface area contributed by atoms with Gasteiger partial charge in [-0.3, -0.25) is 19.6 Å². The number of rotatable bonds is 8. The monoisotopic (exact) mass is 555 g/mol. The number of pyridine rings is 1. The molecule has 2 aliphatic heterocycles. The zero-order chi connectivity index (χ0) is 27.1. The van der Waals surface area contributed by atoms with E-state index in [0.717, 1.165) is 24.9 Å². The van der Waals surface area contributed by atoms with Crippen LogP contribution in [0.2, 0.25) is 10.0 Å². The van der Waals surface area contributed by atoms with Crippen LogP contribution in [0.4, 0.5) is 0 Å². The van der Waals surface area contributed by atoms with Gasteiger partial charge in [0, 0.05) is 47.6 Å². The molecule has 200 valence electrons. The van der Waals surface area contributed by atoms with E-state index in [9.17, 15) is 15.0 Å². The average molecular weight is 556 g/mol. The number of likely N-dealkylation sites (tertiary alicyclic amines) is 1. The minimum absolute atomic E-state index is 0.0333. The van der Waals surface area contributed by atoms with Crippen molar-refractivity contribution >= 4 is 29.1 Å². The Labute approximate surface area is 232 Å². The lowest BCUT2D eigenvalue weighted by Gasteiger charge is -2.38. The molecule has 9 heteroatoms. The predicted molar refractivity (Wildman–Crippen MR) is 146 cm³/mol. The predicted octanol–water partition coefficient (Wildman–Crippen LogP) is 4.56. The fourth-order valence-corrected chi connectivity index (χ4v) is 5.99. The highest BCUT2D eigenvalue weighted by molar-refractivity contribution is 6.30. The van der Waals surface area contributed by atoms with E-state index in [4.69, 9.17) is 27.9 Å². The van der Waals surface area contributed by atoms with E-state index in [2.05, 4.69) is 9.88 Å². The van der Waals surface area contributed by atoms with Crippen LogP contribution in [0.3, 0.4) is 0 Å². The van der Waals surface area contributed by atoms with Crippen molar-refractivity contribution in [3.63, 3.8) is 0 Å². The van der Waals surface area contributed by atoms with Gasteiger partial charge in [0.25, 0.3) is 5.91 Å². The Balaban J connectivity index is 1.58. The third-order valence-electron chi connectivity index (χ3n) is 7.72. The molecule has 0 radical (unpaired) electrons. The maximum Gasteiger partial charge on any atom is 0.257 e. The van der Waals surface area contributed by atoms with Crippen molar-refractivity contribution in [2.75, 3.05) is 26.8 Å². The lowest BCUT2D eigenvalue weighted by Crippen LogP contribution is -2.45. The molecule has 0 saturated carbocycles. The molecule has 7 nitrogen and oxygen atoms in total. The number of methoxy groups -OCH3 is 1. The second kappa shape index (κ2) is 10.6. The minimum atomic E-state index is -1.23. The van der Waals surface area contributed by atoms with Gasteiger partial charge in [0.1, 0.15) is 0 Å². The summed E-state index contributed by atoms with van der Waals surface area (Å²) in [5.74, 6) is -0.236. The van der Waals surface area contributed by atoms with Gasteiger partial charge in [-0.15, -0.1) is 0 Å². The zero-order valence-corrected chi connectivity index (χ0v) is 22.9. The van der Waals surface area contributed by atoms with E-state index in [0.29, 0.717) is 39.0 Å².